The monoisotopic (exact) mass is 268 g/mol. The Bertz CT molecular complexity index is 457. The van der Waals surface area contributed by atoms with Crippen LogP contribution in [-0.4, -0.2) is 21.4 Å². The first-order valence-electron chi connectivity index (χ1n) is 5.97. The highest BCUT2D eigenvalue weighted by Crippen LogP contribution is 2.27. The standard InChI is InChI=1S/C11H20N6O2/c1-7(11(2,3)4)5-13-9-8(17(18)19)6-14-10(15-9)16-12/h6-7H,5,12H2,1-4H3,(H2,13,14,15,16). The van der Waals surface area contributed by atoms with Crippen molar-refractivity contribution in [2.45, 2.75) is 27.7 Å². The minimum Gasteiger partial charge on any atom is -0.364 e. The van der Waals surface area contributed by atoms with Gasteiger partial charge in [0.05, 0.1) is 4.92 Å². The zero-order chi connectivity index (χ0) is 14.6. The summed E-state index contributed by atoms with van der Waals surface area (Å²) in [6, 6.07) is 0. The first kappa shape index (κ1) is 15.1. The molecule has 1 aromatic heterocycles. The van der Waals surface area contributed by atoms with E-state index >= 15 is 0 Å². The van der Waals surface area contributed by atoms with E-state index < -0.39 is 4.92 Å². The van der Waals surface area contributed by atoms with Gasteiger partial charge in [-0.05, 0) is 11.3 Å². The third kappa shape index (κ3) is 4.02. The maximum atomic E-state index is 10.9. The molecule has 0 aliphatic heterocycles. The van der Waals surface area contributed by atoms with Gasteiger partial charge in [0.25, 0.3) is 0 Å². The summed E-state index contributed by atoms with van der Waals surface area (Å²) < 4.78 is 0. The van der Waals surface area contributed by atoms with Crippen LogP contribution in [0.4, 0.5) is 17.5 Å². The molecule has 0 saturated carbocycles. The van der Waals surface area contributed by atoms with Gasteiger partial charge in [-0.25, -0.2) is 10.8 Å². The number of nitrogen functional groups attached to an aromatic ring is 1. The molecule has 8 heteroatoms. The van der Waals surface area contributed by atoms with Gasteiger partial charge in [0.1, 0.15) is 6.20 Å². The van der Waals surface area contributed by atoms with E-state index in [2.05, 4.69) is 48.4 Å². The van der Waals surface area contributed by atoms with Crippen molar-refractivity contribution < 1.29 is 4.92 Å². The van der Waals surface area contributed by atoms with Gasteiger partial charge in [-0.15, -0.1) is 0 Å². The number of rotatable bonds is 5. The van der Waals surface area contributed by atoms with Crippen LogP contribution in [-0.2, 0) is 0 Å². The number of hydrogen-bond acceptors (Lipinski definition) is 7. The molecule has 0 spiro atoms. The van der Waals surface area contributed by atoms with Crippen LogP contribution in [0.2, 0.25) is 0 Å². The van der Waals surface area contributed by atoms with Crippen LogP contribution in [0.3, 0.4) is 0 Å². The van der Waals surface area contributed by atoms with E-state index in [1.54, 1.807) is 0 Å². The number of hydrazine groups is 1. The molecular formula is C11H20N6O2. The van der Waals surface area contributed by atoms with Crippen molar-refractivity contribution in [2.24, 2.45) is 17.2 Å². The minimum atomic E-state index is -0.523. The fourth-order valence-electron chi connectivity index (χ4n) is 1.26. The van der Waals surface area contributed by atoms with Crippen LogP contribution in [0.25, 0.3) is 0 Å². The number of nitrogens with two attached hydrogens (primary N) is 1. The van der Waals surface area contributed by atoms with Crippen molar-refractivity contribution >= 4 is 17.5 Å². The summed E-state index contributed by atoms with van der Waals surface area (Å²) in [5.74, 6) is 5.82. The van der Waals surface area contributed by atoms with E-state index in [1.165, 1.54) is 0 Å². The molecule has 1 heterocycles. The number of nitrogens with one attached hydrogen (secondary N) is 2. The Morgan fingerprint density at radius 1 is 1.53 bits per heavy atom. The van der Waals surface area contributed by atoms with Gasteiger partial charge in [-0.3, -0.25) is 15.5 Å². The lowest BCUT2D eigenvalue weighted by Gasteiger charge is -2.27. The molecule has 4 N–H and O–H groups in total. The van der Waals surface area contributed by atoms with Crippen LogP contribution in [0.1, 0.15) is 27.7 Å². The summed E-state index contributed by atoms with van der Waals surface area (Å²) in [5, 5.41) is 13.9. The summed E-state index contributed by atoms with van der Waals surface area (Å²) in [6.07, 6.45) is 1.13. The van der Waals surface area contributed by atoms with Crippen LogP contribution in [0, 0.1) is 21.4 Å². The summed E-state index contributed by atoms with van der Waals surface area (Å²) in [6.45, 7) is 8.98. The topological polar surface area (TPSA) is 119 Å². The number of hydrogen-bond donors (Lipinski definition) is 3. The van der Waals surface area contributed by atoms with Gasteiger partial charge in [-0.1, -0.05) is 27.7 Å². The Labute approximate surface area is 111 Å². The Hall–Kier alpha value is -1.96. The van der Waals surface area contributed by atoms with Crippen molar-refractivity contribution in [2.75, 3.05) is 17.3 Å². The second kappa shape index (κ2) is 5.79. The summed E-state index contributed by atoms with van der Waals surface area (Å²) >= 11 is 0. The first-order valence-corrected chi connectivity index (χ1v) is 5.97. The van der Waals surface area contributed by atoms with Crippen LogP contribution >= 0.6 is 0 Å². The van der Waals surface area contributed by atoms with E-state index in [9.17, 15) is 10.1 Å². The number of aromatic nitrogens is 2. The maximum absolute atomic E-state index is 10.9. The minimum absolute atomic E-state index is 0.101. The molecule has 0 amide bonds. The lowest BCUT2D eigenvalue weighted by molar-refractivity contribution is -0.384. The molecule has 1 unspecified atom stereocenters. The molecule has 0 fully saturated rings. The van der Waals surface area contributed by atoms with Gasteiger partial charge < -0.3 is 5.32 Å². The van der Waals surface area contributed by atoms with Crippen LogP contribution in [0.5, 0.6) is 0 Å². The summed E-state index contributed by atoms with van der Waals surface area (Å²) in [5.41, 5.74) is 2.20. The van der Waals surface area contributed by atoms with E-state index in [1.807, 2.05) is 0 Å². The molecule has 0 aliphatic carbocycles. The molecular weight excluding hydrogens is 248 g/mol. The van der Waals surface area contributed by atoms with Gasteiger partial charge >= 0.3 is 5.69 Å². The third-order valence-electron chi connectivity index (χ3n) is 3.15. The predicted octanol–water partition coefficient (Wildman–Crippen LogP) is 1.76. The smallest absolute Gasteiger partial charge is 0.329 e. The lowest BCUT2D eigenvalue weighted by atomic mass is 9.82. The van der Waals surface area contributed by atoms with Crippen molar-refractivity contribution in [1.82, 2.24) is 9.97 Å². The van der Waals surface area contributed by atoms with Crippen molar-refractivity contribution in [1.29, 1.82) is 0 Å². The van der Waals surface area contributed by atoms with Gasteiger partial charge in [0.2, 0.25) is 11.8 Å². The third-order valence-corrected chi connectivity index (χ3v) is 3.15. The lowest BCUT2D eigenvalue weighted by Crippen LogP contribution is -2.25. The second-order valence-electron chi connectivity index (χ2n) is 5.48. The molecule has 1 atom stereocenters. The summed E-state index contributed by atoms with van der Waals surface area (Å²) in [7, 11) is 0. The van der Waals surface area contributed by atoms with Gasteiger partial charge in [-0.2, -0.15) is 4.98 Å². The highest BCUT2D eigenvalue weighted by molar-refractivity contribution is 5.56. The second-order valence-corrected chi connectivity index (χ2v) is 5.48. The number of anilines is 2. The average molecular weight is 268 g/mol. The Kier molecular flexibility index (Phi) is 4.60. The summed E-state index contributed by atoms with van der Waals surface area (Å²) in [4.78, 5) is 18.1. The molecule has 8 nitrogen and oxygen atoms in total. The normalized spacial score (nSPS) is 12.9. The largest absolute Gasteiger partial charge is 0.364 e. The van der Waals surface area contributed by atoms with Crippen molar-refractivity contribution in [3.8, 4) is 0 Å². The average Bonchev–Trinajstić information content (AvgIpc) is 2.33. The first-order chi connectivity index (χ1) is 8.75. The quantitative estimate of drug-likeness (QED) is 0.423. The van der Waals surface area contributed by atoms with Crippen LogP contribution < -0.4 is 16.6 Å². The highest BCUT2D eigenvalue weighted by Gasteiger charge is 2.22. The predicted molar refractivity (Wildman–Crippen MR) is 73.6 cm³/mol. The Morgan fingerprint density at radius 3 is 2.63 bits per heavy atom. The van der Waals surface area contributed by atoms with Crippen molar-refractivity contribution in [3.63, 3.8) is 0 Å². The van der Waals surface area contributed by atoms with Crippen LogP contribution in [0.15, 0.2) is 6.20 Å². The zero-order valence-electron chi connectivity index (χ0n) is 11.6. The molecule has 0 radical (unpaired) electrons. The number of nitrogens with zero attached hydrogens (tertiary/aromatic N) is 3. The molecule has 0 aliphatic rings. The highest BCUT2D eigenvalue weighted by atomic mass is 16.6. The fourth-order valence-corrected chi connectivity index (χ4v) is 1.26. The molecule has 0 saturated heterocycles. The Morgan fingerprint density at radius 2 is 2.16 bits per heavy atom. The molecule has 106 valence electrons. The van der Waals surface area contributed by atoms with E-state index in [-0.39, 0.29) is 22.9 Å². The van der Waals surface area contributed by atoms with E-state index in [0.717, 1.165) is 6.20 Å². The molecule has 19 heavy (non-hydrogen) atoms. The molecule has 0 aromatic carbocycles. The van der Waals surface area contributed by atoms with Gasteiger partial charge in [0, 0.05) is 6.54 Å². The van der Waals surface area contributed by atoms with Gasteiger partial charge in [0.15, 0.2) is 0 Å². The fraction of sp³-hybridized carbons (Fsp3) is 0.636. The Balaban J connectivity index is 2.89. The SMILES string of the molecule is CC(CNc1nc(NN)ncc1[N+](=O)[O-])C(C)(C)C. The molecule has 1 aromatic rings. The zero-order valence-corrected chi connectivity index (χ0v) is 11.6. The van der Waals surface area contributed by atoms with E-state index in [4.69, 9.17) is 5.84 Å². The maximum Gasteiger partial charge on any atom is 0.329 e. The molecule has 0 bridgehead atoms. The molecule has 1 rings (SSSR count). The number of nitro groups is 1. The van der Waals surface area contributed by atoms with E-state index in [0.29, 0.717) is 12.5 Å². The van der Waals surface area contributed by atoms with Crippen molar-refractivity contribution in [3.05, 3.63) is 16.3 Å².